The number of para-hydroxylation sites is 1. The second kappa shape index (κ2) is 18.3. The maximum Gasteiger partial charge on any atom is 0.303 e. The van der Waals surface area contributed by atoms with E-state index in [4.69, 9.17) is 5.11 Å². The lowest BCUT2D eigenvalue weighted by atomic mass is 10.0. The number of carbonyl (C=O) groups is 2. The smallest absolute Gasteiger partial charge is 0.303 e. The summed E-state index contributed by atoms with van der Waals surface area (Å²) >= 11 is 1.82. The van der Waals surface area contributed by atoms with Gasteiger partial charge in [-0.05, 0) is 37.1 Å². The molecule has 0 radical (unpaired) electrons. The molecule has 0 aliphatic rings. The quantitative estimate of drug-likeness (QED) is 0.173. The highest BCUT2D eigenvalue weighted by molar-refractivity contribution is 7.99. The molecule has 30 heavy (non-hydrogen) atoms. The highest BCUT2D eigenvalue weighted by atomic mass is 32.2. The maximum absolute atomic E-state index is 12.3. The van der Waals surface area contributed by atoms with Crippen molar-refractivity contribution >= 4 is 29.3 Å². The summed E-state index contributed by atoms with van der Waals surface area (Å²) < 4.78 is 0. The second-order valence-corrected chi connectivity index (χ2v) is 9.17. The van der Waals surface area contributed by atoms with Crippen LogP contribution in [0.1, 0.15) is 103 Å². The summed E-state index contributed by atoms with van der Waals surface area (Å²) in [6.07, 6.45) is 15.8. The van der Waals surface area contributed by atoms with Crippen LogP contribution in [0.2, 0.25) is 0 Å². The summed E-state index contributed by atoms with van der Waals surface area (Å²) in [6, 6.07) is 8.10. The summed E-state index contributed by atoms with van der Waals surface area (Å²) in [6.45, 7) is 2.20. The van der Waals surface area contributed by atoms with Crippen LogP contribution in [0.3, 0.4) is 0 Å². The van der Waals surface area contributed by atoms with Crippen molar-refractivity contribution in [1.82, 2.24) is 0 Å². The average molecular weight is 436 g/mol. The van der Waals surface area contributed by atoms with Crippen molar-refractivity contribution in [3.63, 3.8) is 0 Å². The predicted molar refractivity (Wildman–Crippen MR) is 128 cm³/mol. The van der Waals surface area contributed by atoms with Crippen LogP contribution >= 0.6 is 11.8 Å². The van der Waals surface area contributed by atoms with Gasteiger partial charge in [0.1, 0.15) is 0 Å². The molecule has 0 spiro atoms. The van der Waals surface area contributed by atoms with Gasteiger partial charge in [-0.25, -0.2) is 0 Å². The van der Waals surface area contributed by atoms with Crippen LogP contribution in [0.4, 0.5) is 5.69 Å². The number of thioether (sulfide) groups is 1. The van der Waals surface area contributed by atoms with Crippen LogP contribution in [0, 0.1) is 0 Å². The molecule has 0 fully saturated rings. The van der Waals surface area contributed by atoms with Gasteiger partial charge in [0.05, 0.1) is 5.69 Å². The van der Waals surface area contributed by atoms with Crippen molar-refractivity contribution in [2.75, 3.05) is 11.1 Å². The molecule has 0 bridgehead atoms. The molecule has 2 N–H and O–H groups in total. The number of benzene rings is 1. The minimum Gasteiger partial charge on any atom is -0.481 e. The monoisotopic (exact) mass is 435 g/mol. The Labute approximate surface area is 187 Å². The van der Waals surface area contributed by atoms with E-state index in [0.29, 0.717) is 12.8 Å². The SMILES string of the molecule is CCCCSc1ccccc1NC(=O)CCCCCCCCCCCCCC(=O)O. The molecule has 0 heterocycles. The molecular weight excluding hydrogens is 394 g/mol. The van der Waals surface area contributed by atoms with Gasteiger partial charge < -0.3 is 10.4 Å². The molecule has 0 unspecified atom stereocenters. The topological polar surface area (TPSA) is 66.4 Å². The molecule has 5 heteroatoms. The van der Waals surface area contributed by atoms with Gasteiger partial charge in [0.15, 0.2) is 0 Å². The summed E-state index contributed by atoms with van der Waals surface area (Å²) in [4.78, 5) is 23.9. The summed E-state index contributed by atoms with van der Waals surface area (Å²) in [5.74, 6) is 0.536. The normalized spacial score (nSPS) is 10.8. The predicted octanol–water partition coefficient (Wildman–Crippen LogP) is 7.67. The van der Waals surface area contributed by atoms with E-state index in [1.807, 2.05) is 30.0 Å². The summed E-state index contributed by atoms with van der Waals surface area (Å²) in [5, 5.41) is 11.7. The number of unbranched alkanes of at least 4 members (excludes halogenated alkanes) is 11. The number of anilines is 1. The van der Waals surface area contributed by atoms with Crippen molar-refractivity contribution in [3.8, 4) is 0 Å². The number of carbonyl (C=O) groups excluding carboxylic acids is 1. The van der Waals surface area contributed by atoms with E-state index in [9.17, 15) is 9.59 Å². The molecule has 1 aromatic rings. The number of nitrogens with one attached hydrogen (secondary N) is 1. The number of aliphatic carboxylic acids is 1. The summed E-state index contributed by atoms with van der Waals surface area (Å²) in [5.41, 5.74) is 0.951. The van der Waals surface area contributed by atoms with E-state index in [-0.39, 0.29) is 5.91 Å². The third-order valence-electron chi connectivity index (χ3n) is 5.21. The van der Waals surface area contributed by atoms with Crippen LogP contribution in [0.5, 0.6) is 0 Å². The van der Waals surface area contributed by atoms with Crippen molar-refractivity contribution in [3.05, 3.63) is 24.3 Å². The standard InChI is InChI=1S/C25H41NO3S/c1-2-3-21-30-23-18-16-15-17-22(23)26-24(27)19-13-11-9-7-5-4-6-8-10-12-14-20-25(28)29/h15-18H,2-14,19-21H2,1H3,(H,26,27)(H,28,29). The molecule has 1 aromatic carbocycles. The van der Waals surface area contributed by atoms with Gasteiger partial charge in [-0.1, -0.05) is 83.3 Å². The highest BCUT2D eigenvalue weighted by Gasteiger charge is 2.07. The zero-order valence-corrected chi connectivity index (χ0v) is 19.6. The van der Waals surface area contributed by atoms with Crippen molar-refractivity contribution in [1.29, 1.82) is 0 Å². The van der Waals surface area contributed by atoms with E-state index < -0.39 is 5.97 Å². The Morgan fingerprint density at radius 3 is 1.90 bits per heavy atom. The van der Waals surface area contributed by atoms with Gasteiger partial charge in [0.25, 0.3) is 0 Å². The number of carboxylic acid groups (broad SMARTS) is 1. The van der Waals surface area contributed by atoms with Gasteiger partial charge >= 0.3 is 5.97 Å². The molecule has 1 amide bonds. The van der Waals surface area contributed by atoms with Crippen LogP contribution in [-0.4, -0.2) is 22.7 Å². The molecule has 0 aromatic heterocycles. The molecule has 0 atom stereocenters. The zero-order valence-electron chi connectivity index (χ0n) is 18.8. The van der Waals surface area contributed by atoms with Crippen molar-refractivity contribution in [2.45, 2.75) is 108 Å². The number of carboxylic acids is 1. The minimum absolute atomic E-state index is 0.126. The first-order chi connectivity index (χ1) is 14.6. The number of hydrogen-bond donors (Lipinski definition) is 2. The van der Waals surface area contributed by atoms with Crippen LogP contribution in [0.25, 0.3) is 0 Å². The van der Waals surface area contributed by atoms with Crippen LogP contribution < -0.4 is 5.32 Å². The Morgan fingerprint density at radius 1 is 0.800 bits per heavy atom. The lowest BCUT2D eigenvalue weighted by Gasteiger charge is -2.10. The van der Waals surface area contributed by atoms with E-state index >= 15 is 0 Å². The van der Waals surface area contributed by atoms with Crippen LogP contribution in [-0.2, 0) is 9.59 Å². The minimum atomic E-state index is -0.682. The molecule has 0 aliphatic heterocycles. The fourth-order valence-corrected chi connectivity index (χ4v) is 4.49. The Morgan fingerprint density at radius 2 is 1.33 bits per heavy atom. The third kappa shape index (κ3) is 14.5. The Hall–Kier alpha value is -1.49. The summed E-state index contributed by atoms with van der Waals surface area (Å²) in [7, 11) is 0. The first-order valence-corrected chi connectivity index (χ1v) is 12.9. The Balaban J connectivity index is 1.99. The van der Waals surface area contributed by atoms with Crippen LogP contribution in [0.15, 0.2) is 29.2 Å². The average Bonchev–Trinajstić information content (AvgIpc) is 2.72. The molecule has 4 nitrogen and oxygen atoms in total. The fourth-order valence-electron chi connectivity index (χ4n) is 3.39. The largest absolute Gasteiger partial charge is 0.481 e. The molecule has 0 aliphatic carbocycles. The van der Waals surface area contributed by atoms with Gasteiger partial charge in [0, 0.05) is 17.7 Å². The molecular formula is C25H41NO3S. The van der Waals surface area contributed by atoms with E-state index in [2.05, 4.69) is 18.3 Å². The van der Waals surface area contributed by atoms with Gasteiger partial charge in [-0.2, -0.15) is 0 Å². The Bertz CT molecular complexity index is 592. The number of hydrogen-bond acceptors (Lipinski definition) is 3. The van der Waals surface area contributed by atoms with Crippen molar-refractivity contribution < 1.29 is 14.7 Å². The van der Waals surface area contributed by atoms with Gasteiger partial charge in [0.2, 0.25) is 5.91 Å². The number of rotatable bonds is 19. The molecule has 1 rings (SSSR count). The molecule has 0 saturated heterocycles. The van der Waals surface area contributed by atoms with E-state index in [1.165, 1.54) is 56.3 Å². The second-order valence-electron chi connectivity index (χ2n) is 8.03. The number of amides is 1. The van der Waals surface area contributed by atoms with Gasteiger partial charge in [-0.15, -0.1) is 11.8 Å². The van der Waals surface area contributed by atoms with Gasteiger partial charge in [-0.3, -0.25) is 9.59 Å². The first-order valence-electron chi connectivity index (χ1n) is 11.9. The lowest BCUT2D eigenvalue weighted by molar-refractivity contribution is -0.137. The van der Waals surface area contributed by atoms with Crippen molar-refractivity contribution in [2.24, 2.45) is 0 Å². The lowest BCUT2D eigenvalue weighted by Crippen LogP contribution is -2.11. The fraction of sp³-hybridized carbons (Fsp3) is 0.680. The zero-order chi connectivity index (χ0) is 21.9. The van der Waals surface area contributed by atoms with E-state index in [0.717, 1.165) is 43.5 Å². The van der Waals surface area contributed by atoms with E-state index in [1.54, 1.807) is 0 Å². The molecule has 170 valence electrons. The maximum atomic E-state index is 12.3. The Kier molecular flexibility index (Phi) is 16.2. The highest BCUT2D eigenvalue weighted by Crippen LogP contribution is 2.28. The molecule has 0 saturated carbocycles. The third-order valence-corrected chi connectivity index (χ3v) is 6.37. The first kappa shape index (κ1) is 26.5.